The minimum atomic E-state index is -4.47. The average molecular weight is 453 g/mol. The van der Waals surface area contributed by atoms with Crippen LogP contribution >= 0.6 is 10.6 Å². The normalized spacial score (nSPS) is 17.4. The van der Waals surface area contributed by atoms with Crippen molar-refractivity contribution in [3.8, 4) is 11.6 Å². The lowest BCUT2D eigenvalue weighted by atomic mass is 10.2. The Morgan fingerprint density at radius 3 is 2.45 bits per heavy atom. The number of aromatic nitrogens is 2. The molecular formula is C20H18F3N3O4S. The second-order valence-corrected chi connectivity index (χ2v) is 9.46. The molecule has 2 aromatic heterocycles. The van der Waals surface area contributed by atoms with Crippen molar-refractivity contribution in [3.05, 3.63) is 59.9 Å². The Bertz CT molecular complexity index is 1110. The standard InChI is InChI=1S/C20H18F3N3O4S/c21-20(22,23)14-2-6-18(24-12-14)30-15-3-5-16-13(11-15)1-4-17(25-16)19(27)26-7-9-31(28,29)10-8-26/h1-6,11-12,28-29H,7-10H2. The van der Waals surface area contributed by atoms with Crippen LogP contribution in [0.1, 0.15) is 16.1 Å². The van der Waals surface area contributed by atoms with Gasteiger partial charge in [-0.1, -0.05) is 6.07 Å². The minimum absolute atomic E-state index is 0.0168. The summed E-state index contributed by atoms with van der Waals surface area (Å²) in [5, 5.41) is 0.675. The molecule has 11 heteroatoms. The third-order valence-electron chi connectivity index (χ3n) is 4.83. The van der Waals surface area contributed by atoms with Crippen molar-refractivity contribution in [2.24, 2.45) is 0 Å². The van der Waals surface area contributed by atoms with Gasteiger partial charge in [0.1, 0.15) is 11.4 Å². The van der Waals surface area contributed by atoms with Crippen molar-refractivity contribution >= 4 is 27.4 Å². The highest BCUT2D eigenvalue weighted by Gasteiger charge is 2.31. The van der Waals surface area contributed by atoms with Gasteiger partial charge < -0.3 is 9.64 Å². The van der Waals surface area contributed by atoms with E-state index in [1.54, 1.807) is 35.2 Å². The number of ether oxygens (including phenoxy) is 1. The van der Waals surface area contributed by atoms with Crippen LogP contribution in [-0.4, -0.2) is 54.5 Å². The molecule has 0 aliphatic carbocycles. The molecule has 1 fully saturated rings. The summed E-state index contributed by atoms with van der Waals surface area (Å²) in [5.74, 6) is 0.409. The Morgan fingerprint density at radius 1 is 1.06 bits per heavy atom. The number of amides is 1. The van der Waals surface area contributed by atoms with Crippen LogP contribution < -0.4 is 4.74 Å². The fourth-order valence-corrected chi connectivity index (χ4v) is 4.34. The van der Waals surface area contributed by atoms with Gasteiger partial charge in [-0.2, -0.15) is 23.8 Å². The number of hydrogen-bond acceptors (Lipinski definition) is 6. The number of hydrogen-bond donors (Lipinski definition) is 2. The van der Waals surface area contributed by atoms with E-state index >= 15 is 0 Å². The molecule has 3 heterocycles. The van der Waals surface area contributed by atoms with Crippen molar-refractivity contribution in [2.75, 3.05) is 24.6 Å². The molecule has 2 N–H and O–H groups in total. The predicted molar refractivity (Wildman–Crippen MR) is 110 cm³/mol. The Morgan fingerprint density at radius 2 is 1.81 bits per heavy atom. The molecule has 1 aliphatic heterocycles. The third-order valence-corrected chi connectivity index (χ3v) is 6.50. The summed E-state index contributed by atoms with van der Waals surface area (Å²) in [5.41, 5.74) is -0.0811. The number of halogens is 3. The van der Waals surface area contributed by atoms with Gasteiger partial charge in [-0.05, 0) is 30.3 Å². The number of benzene rings is 1. The van der Waals surface area contributed by atoms with Gasteiger partial charge in [-0.15, -0.1) is 0 Å². The van der Waals surface area contributed by atoms with E-state index in [0.717, 1.165) is 12.1 Å². The number of carbonyl (C=O) groups is 1. The second-order valence-electron chi connectivity index (χ2n) is 7.04. The molecule has 0 radical (unpaired) electrons. The lowest BCUT2D eigenvalue weighted by Crippen LogP contribution is -2.42. The number of pyridine rings is 2. The predicted octanol–water partition coefficient (Wildman–Crippen LogP) is 4.65. The van der Waals surface area contributed by atoms with Crippen LogP contribution in [0, 0.1) is 0 Å². The molecule has 0 saturated carbocycles. The lowest BCUT2D eigenvalue weighted by molar-refractivity contribution is -0.137. The van der Waals surface area contributed by atoms with Crippen molar-refractivity contribution in [3.63, 3.8) is 0 Å². The highest BCUT2D eigenvalue weighted by Crippen LogP contribution is 2.40. The van der Waals surface area contributed by atoms with Gasteiger partial charge in [-0.3, -0.25) is 13.9 Å². The largest absolute Gasteiger partial charge is 0.439 e. The van der Waals surface area contributed by atoms with E-state index in [2.05, 4.69) is 9.97 Å². The fourth-order valence-electron chi connectivity index (χ4n) is 3.11. The van der Waals surface area contributed by atoms with Crippen LogP contribution in [0.25, 0.3) is 10.9 Å². The van der Waals surface area contributed by atoms with Crippen LogP contribution in [0.3, 0.4) is 0 Å². The maximum atomic E-state index is 12.7. The number of alkyl halides is 3. The van der Waals surface area contributed by atoms with E-state index in [9.17, 15) is 27.1 Å². The maximum Gasteiger partial charge on any atom is 0.417 e. The molecule has 7 nitrogen and oxygen atoms in total. The van der Waals surface area contributed by atoms with Gasteiger partial charge in [0.25, 0.3) is 5.91 Å². The molecule has 1 aromatic carbocycles. The molecule has 164 valence electrons. The molecule has 0 spiro atoms. The van der Waals surface area contributed by atoms with Crippen LogP contribution in [0.2, 0.25) is 0 Å². The van der Waals surface area contributed by atoms with E-state index in [1.807, 2.05) is 0 Å². The summed E-state index contributed by atoms with van der Waals surface area (Å²) in [6.45, 7) is 0.515. The smallest absolute Gasteiger partial charge is 0.417 e. The Hall–Kier alpha value is -2.89. The molecule has 1 saturated heterocycles. The molecular weight excluding hydrogens is 435 g/mol. The quantitative estimate of drug-likeness (QED) is 0.600. The van der Waals surface area contributed by atoms with Gasteiger partial charge in [0, 0.05) is 30.7 Å². The zero-order valence-corrected chi connectivity index (χ0v) is 16.9. The van der Waals surface area contributed by atoms with Gasteiger partial charge in [0.15, 0.2) is 0 Å². The summed E-state index contributed by atoms with van der Waals surface area (Å²) < 4.78 is 62.8. The van der Waals surface area contributed by atoms with Gasteiger partial charge in [-0.25, -0.2) is 9.97 Å². The van der Waals surface area contributed by atoms with Crippen LogP contribution in [-0.2, 0) is 6.18 Å². The fraction of sp³-hybridized carbons (Fsp3) is 0.250. The topological polar surface area (TPSA) is 95.8 Å². The monoisotopic (exact) mass is 453 g/mol. The third kappa shape index (κ3) is 4.89. The van der Waals surface area contributed by atoms with E-state index in [0.29, 0.717) is 22.8 Å². The van der Waals surface area contributed by atoms with Crippen molar-refractivity contribution in [1.29, 1.82) is 0 Å². The summed E-state index contributed by atoms with van der Waals surface area (Å²) in [7, 11) is -2.60. The molecule has 31 heavy (non-hydrogen) atoms. The van der Waals surface area contributed by atoms with E-state index in [-0.39, 0.29) is 42.1 Å². The van der Waals surface area contributed by atoms with Crippen LogP contribution in [0.5, 0.6) is 11.6 Å². The van der Waals surface area contributed by atoms with Gasteiger partial charge >= 0.3 is 6.18 Å². The van der Waals surface area contributed by atoms with Gasteiger partial charge in [0.2, 0.25) is 5.88 Å². The van der Waals surface area contributed by atoms with Crippen molar-refractivity contribution < 1.29 is 31.8 Å². The first-order valence-corrected chi connectivity index (χ1v) is 11.1. The SMILES string of the molecule is O=C(c1ccc2cc(Oc3ccc(C(F)(F)F)cn3)ccc2n1)N1CCS(O)(O)CC1. The van der Waals surface area contributed by atoms with E-state index in [4.69, 9.17) is 4.74 Å². The molecule has 3 aromatic rings. The molecule has 4 rings (SSSR count). The van der Waals surface area contributed by atoms with Crippen molar-refractivity contribution in [2.45, 2.75) is 6.18 Å². The molecule has 0 unspecified atom stereocenters. The molecule has 0 bridgehead atoms. The Balaban J connectivity index is 1.49. The summed E-state index contributed by atoms with van der Waals surface area (Å²) in [6.07, 6.45) is -3.76. The zero-order chi connectivity index (χ0) is 22.2. The zero-order valence-electron chi connectivity index (χ0n) is 16.0. The number of rotatable bonds is 3. The summed E-state index contributed by atoms with van der Waals surface area (Å²) in [6, 6.07) is 10.2. The number of nitrogens with zero attached hydrogens (tertiary/aromatic N) is 3. The van der Waals surface area contributed by atoms with Gasteiger partial charge in [0.05, 0.1) is 22.6 Å². The van der Waals surface area contributed by atoms with E-state index < -0.39 is 22.3 Å². The highest BCUT2D eigenvalue weighted by molar-refractivity contribution is 8.24. The first-order chi connectivity index (χ1) is 14.6. The van der Waals surface area contributed by atoms with E-state index in [1.165, 1.54) is 0 Å². The number of fused-ring (bicyclic) bond motifs is 1. The first kappa shape index (κ1) is 21.3. The average Bonchev–Trinajstić information content (AvgIpc) is 2.72. The Labute approximate surface area is 176 Å². The number of carbonyl (C=O) groups excluding carboxylic acids is 1. The van der Waals surface area contributed by atoms with Crippen LogP contribution in [0.15, 0.2) is 48.7 Å². The second kappa shape index (κ2) is 7.98. The lowest BCUT2D eigenvalue weighted by Gasteiger charge is -2.40. The summed E-state index contributed by atoms with van der Waals surface area (Å²) >= 11 is 0. The summed E-state index contributed by atoms with van der Waals surface area (Å²) in [4.78, 5) is 22.2. The van der Waals surface area contributed by atoms with Crippen molar-refractivity contribution in [1.82, 2.24) is 14.9 Å². The molecule has 1 amide bonds. The molecule has 1 aliphatic rings. The first-order valence-electron chi connectivity index (χ1n) is 9.25. The maximum absolute atomic E-state index is 12.7. The van der Waals surface area contributed by atoms with Crippen LogP contribution in [0.4, 0.5) is 13.2 Å². The minimum Gasteiger partial charge on any atom is -0.439 e. The highest BCUT2D eigenvalue weighted by atomic mass is 32.3. The molecule has 0 atom stereocenters. The Kier molecular flexibility index (Phi) is 5.50.